The molecule has 1 heterocycles. The Balaban J connectivity index is 2.61. The van der Waals surface area contributed by atoms with Crippen molar-refractivity contribution in [3.05, 3.63) is 0 Å². The highest BCUT2D eigenvalue weighted by atomic mass is 16.5. The molecule has 0 atom stereocenters. The fourth-order valence-electron chi connectivity index (χ4n) is 4.33. The standard InChI is InChI=1S/C29H56N6O10/c1-30-7-5-17-43-19-21-45-22-20-44-18-6-8-31-29(39)35-15-13-33(24-27(37)41-3)11-9-32(23-26(36)40-2)10-12-34(14-16-35)25-28(38)42-4/h30H,5-25H2,1-4H3,(H,31,39). The number of carbonyl (C=O) groups excluding carboxylic acids is 4. The van der Waals surface area contributed by atoms with Gasteiger partial charge in [-0.15, -0.1) is 0 Å². The van der Waals surface area contributed by atoms with Gasteiger partial charge in [-0.1, -0.05) is 0 Å². The minimum atomic E-state index is -0.388. The first-order chi connectivity index (χ1) is 21.8. The Morgan fingerprint density at radius 1 is 0.533 bits per heavy atom. The second kappa shape index (κ2) is 26.6. The van der Waals surface area contributed by atoms with Gasteiger partial charge in [0.15, 0.2) is 0 Å². The fraction of sp³-hybridized carbons (Fsp3) is 0.862. The zero-order chi connectivity index (χ0) is 33.1. The highest BCUT2D eigenvalue weighted by Gasteiger charge is 2.22. The van der Waals surface area contributed by atoms with Crippen LogP contribution in [0, 0.1) is 0 Å². The number of ether oxygens (including phenoxy) is 6. The summed E-state index contributed by atoms with van der Waals surface area (Å²) >= 11 is 0. The molecule has 0 aromatic heterocycles. The number of amides is 2. The van der Waals surface area contributed by atoms with Crippen molar-refractivity contribution in [1.29, 1.82) is 0 Å². The molecule has 45 heavy (non-hydrogen) atoms. The molecule has 16 nitrogen and oxygen atoms in total. The number of esters is 3. The molecule has 1 aliphatic rings. The molecule has 0 bridgehead atoms. The Morgan fingerprint density at radius 3 is 1.27 bits per heavy atom. The first-order valence-corrected chi connectivity index (χ1v) is 15.6. The van der Waals surface area contributed by atoms with Crippen LogP contribution in [-0.4, -0.2) is 197 Å². The van der Waals surface area contributed by atoms with Gasteiger partial charge in [-0.3, -0.25) is 29.1 Å². The minimum absolute atomic E-state index is 0.0528. The Morgan fingerprint density at radius 2 is 0.889 bits per heavy atom. The van der Waals surface area contributed by atoms with Gasteiger partial charge in [0, 0.05) is 72.1 Å². The van der Waals surface area contributed by atoms with Crippen molar-refractivity contribution in [2.45, 2.75) is 12.8 Å². The number of hydrogen-bond donors (Lipinski definition) is 2. The summed E-state index contributed by atoms with van der Waals surface area (Å²) in [4.78, 5) is 56.8. The second-order valence-electron chi connectivity index (χ2n) is 10.4. The Hall–Kier alpha value is -2.60. The van der Waals surface area contributed by atoms with Gasteiger partial charge in [0.25, 0.3) is 0 Å². The molecular weight excluding hydrogens is 592 g/mol. The summed E-state index contributed by atoms with van der Waals surface area (Å²) in [5.41, 5.74) is 0. The normalized spacial score (nSPS) is 16.0. The molecule has 1 fully saturated rings. The van der Waals surface area contributed by atoms with Gasteiger partial charge in [0.05, 0.1) is 67.4 Å². The molecule has 0 radical (unpaired) electrons. The third kappa shape index (κ3) is 20.9. The molecule has 16 heteroatoms. The average molecular weight is 649 g/mol. The van der Waals surface area contributed by atoms with Crippen molar-refractivity contribution in [1.82, 2.24) is 30.2 Å². The van der Waals surface area contributed by atoms with E-state index in [1.54, 1.807) is 4.90 Å². The van der Waals surface area contributed by atoms with Crippen LogP contribution >= 0.6 is 0 Å². The van der Waals surface area contributed by atoms with E-state index in [4.69, 9.17) is 28.4 Å². The van der Waals surface area contributed by atoms with Gasteiger partial charge < -0.3 is 44.0 Å². The zero-order valence-electron chi connectivity index (χ0n) is 27.7. The van der Waals surface area contributed by atoms with Crippen LogP contribution in [0.5, 0.6) is 0 Å². The molecular formula is C29H56N6O10. The maximum Gasteiger partial charge on any atom is 0.319 e. The number of methoxy groups -OCH3 is 3. The third-order valence-corrected chi connectivity index (χ3v) is 7.07. The van der Waals surface area contributed by atoms with E-state index in [0.29, 0.717) is 105 Å². The van der Waals surface area contributed by atoms with Crippen molar-refractivity contribution in [2.24, 2.45) is 0 Å². The van der Waals surface area contributed by atoms with Crippen LogP contribution < -0.4 is 10.6 Å². The molecule has 1 rings (SSSR count). The molecule has 0 spiro atoms. The van der Waals surface area contributed by atoms with Crippen LogP contribution in [0.25, 0.3) is 0 Å². The molecule has 2 amide bonds. The Bertz CT molecular complexity index is 790. The van der Waals surface area contributed by atoms with Crippen molar-refractivity contribution < 1.29 is 47.6 Å². The van der Waals surface area contributed by atoms with E-state index in [-0.39, 0.29) is 43.6 Å². The van der Waals surface area contributed by atoms with E-state index in [1.807, 2.05) is 21.7 Å². The first-order valence-electron chi connectivity index (χ1n) is 15.6. The molecule has 1 saturated heterocycles. The molecule has 0 aliphatic carbocycles. The number of hydrogen-bond acceptors (Lipinski definition) is 14. The molecule has 0 saturated carbocycles. The van der Waals surface area contributed by atoms with E-state index >= 15 is 0 Å². The summed E-state index contributed by atoms with van der Waals surface area (Å²) in [5, 5.41) is 6.02. The van der Waals surface area contributed by atoms with Crippen LogP contribution in [0.3, 0.4) is 0 Å². The highest BCUT2D eigenvalue weighted by molar-refractivity contribution is 5.74. The summed E-state index contributed by atoms with van der Waals surface area (Å²) in [6.45, 7) is 8.12. The predicted molar refractivity (Wildman–Crippen MR) is 166 cm³/mol. The average Bonchev–Trinajstić information content (AvgIpc) is 3.04. The van der Waals surface area contributed by atoms with E-state index in [2.05, 4.69) is 10.6 Å². The summed E-state index contributed by atoms with van der Waals surface area (Å²) in [5.74, 6) is -1.15. The third-order valence-electron chi connectivity index (χ3n) is 7.07. The number of nitrogens with one attached hydrogen (secondary N) is 2. The largest absolute Gasteiger partial charge is 0.468 e. The highest BCUT2D eigenvalue weighted by Crippen LogP contribution is 2.03. The van der Waals surface area contributed by atoms with Crippen LogP contribution in [0.1, 0.15) is 12.8 Å². The monoisotopic (exact) mass is 648 g/mol. The maximum absolute atomic E-state index is 13.2. The Kier molecular flexibility index (Phi) is 23.9. The smallest absolute Gasteiger partial charge is 0.319 e. The second-order valence-corrected chi connectivity index (χ2v) is 10.4. The molecule has 1 aliphatic heterocycles. The summed E-state index contributed by atoms with van der Waals surface area (Å²) in [6.07, 6.45) is 1.60. The van der Waals surface area contributed by atoms with E-state index in [9.17, 15) is 19.2 Å². The molecule has 0 aromatic carbocycles. The summed E-state index contributed by atoms with van der Waals surface area (Å²) in [6, 6.07) is -0.242. The number of urea groups is 1. The first kappa shape index (κ1) is 40.4. The molecule has 0 unspecified atom stereocenters. The lowest BCUT2D eigenvalue weighted by Crippen LogP contribution is -2.51. The van der Waals surface area contributed by atoms with Crippen LogP contribution in [0.15, 0.2) is 0 Å². The molecule has 262 valence electrons. The van der Waals surface area contributed by atoms with Crippen molar-refractivity contribution >= 4 is 23.9 Å². The van der Waals surface area contributed by atoms with Gasteiger partial charge >= 0.3 is 23.9 Å². The number of nitrogens with zero attached hydrogens (tertiary/aromatic N) is 4. The van der Waals surface area contributed by atoms with Crippen LogP contribution in [0.2, 0.25) is 0 Å². The topological polar surface area (TPSA) is 161 Å². The lowest BCUT2D eigenvalue weighted by Gasteiger charge is -2.33. The van der Waals surface area contributed by atoms with E-state index in [1.165, 1.54) is 21.3 Å². The van der Waals surface area contributed by atoms with E-state index < -0.39 is 0 Å². The number of rotatable bonds is 20. The van der Waals surface area contributed by atoms with Crippen LogP contribution in [-0.2, 0) is 42.8 Å². The van der Waals surface area contributed by atoms with Crippen molar-refractivity contribution in [3.8, 4) is 0 Å². The maximum atomic E-state index is 13.2. The molecule has 2 N–H and O–H groups in total. The van der Waals surface area contributed by atoms with Gasteiger partial charge in [-0.2, -0.15) is 0 Å². The predicted octanol–water partition coefficient (Wildman–Crippen LogP) is -1.51. The minimum Gasteiger partial charge on any atom is -0.468 e. The van der Waals surface area contributed by atoms with Gasteiger partial charge in [-0.05, 0) is 26.4 Å². The Labute approximate surface area is 267 Å². The van der Waals surface area contributed by atoms with Gasteiger partial charge in [-0.25, -0.2) is 4.79 Å². The molecule has 0 aromatic rings. The van der Waals surface area contributed by atoms with Crippen molar-refractivity contribution in [3.63, 3.8) is 0 Å². The lowest BCUT2D eigenvalue weighted by molar-refractivity contribution is -0.144. The summed E-state index contributed by atoms with van der Waals surface area (Å²) < 4.78 is 31.2. The summed E-state index contributed by atoms with van der Waals surface area (Å²) in [7, 11) is 5.91. The lowest BCUT2D eigenvalue weighted by atomic mass is 10.3. The van der Waals surface area contributed by atoms with Crippen LogP contribution in [0.4, 0.5) is 4.79 Å². The fourth-order valence-corrected chi connectivity index (χ4v) is 4.33. The number of carbonyl (C=O) groups is 4. The van der Waals surface area contributed by atoms with Gasteiger partial charge in [0.2, 0.25) is 0 Å². The zero-order valence-corrected chi connectivity index (χ0v) is 27.7. The van der Waals surface area contributed by atoms with E-state index in [0.717, 1.165) is 13.0 Å². The SMILES string of the molecule is CNCCCOCCOCCOCCCNC(=O)N1CCN(CC(=O)OC)CCN(CC(=O)OC)CCN(CC(=O)OC)CC1. The quantitative estimate of drug-likeness (QED) is 0.0891. The van der Waals surface area contributed by atoms with Crippen molar-refractivity contribution in [2.75, 3.05) is 153 Å². The van der Waals surface area contributed by atoms with Gasteiger partial charge in [0.1, 0.15) is 0 Å².